The molecule has 0 radical (unpaired) electrons. The van der Waals surface area contributed by atoms with Crippen LogP contribution in [-0.4, -0.2) is 50.8 Å². The number of benzene rings is 1. The zero-order valence-corrected chi connectivity index (χ0v) is 19.6. The molecule has 0 spiro atoms. The zero-order valence-electron chi connectivity index (χ0n) is 17.2. The maximum absolute atomic E-state index is 13.0. The number of amides is 1. The van der Waals surface area contributed by atoms with Crippen LogP contribution in [0.25, 0.3) is 0 Å². The van der Waals surface area contributed by atoms with Crippen molar-refractivity contribution >= 4 is 38.8 Å². The van der Waals surface area contributed by atoms with Crippen LogP contribution in [0.15, 0.2) is 29.4 Å². The number of halogens is 1. The van der Waals surface area contributed by atoms with Crippen molar-refractivity contribution in [2.45, 2.75) is 30.3 Å². The van der Waals surface area contributed by atoms with Gasteiger partial charge in [0.25, 0.3) is 5.91 Å². The Morgan fingerprint density at radius 2 is 2.03 bits per heavy atom. The van der Waals surface area contributed by atoms with Gasteiger partial charge in [-0.2, -0.15) is 0 Å². The van der Waals surface area contributed by atoms with Crippen LogP contribution in [0.2, 0.25) is 0 Å². The van der Waals surface area contributed by atoms with Crippen LogP contribution in [-0.2, 0) is 35.6 Å². The van der Waals surface area contributed by atoms with Gasteiger partial charge < -0.3 is 9.88 Å². The molecule has 1 N–H and O–H groups in total. The molecular formula is C19H21FN6O3S3. The molecule has 13 heteroatoms. The summed E-state index contributed by atoms with van der Waals surface area (Å²) in [5, 5.41) is 20.8. The van der Waals surface area contributed by atoms with Gasteiger partial charge in [-0.05, 0) is 30.0 Å². The van der Waals surface area contributed by atoms with E-state index in [0.717, 1.165) is 11.4 Å². The molecule has 4 rings (SSSR count). The van der Waals surface area contributed by atoms with E-state index in [1.165, 1.54) is 35.2 Å². The molecule has 1 saturated heterocycles. The van der Waals surface area contributed by atoms with Crippen molar-refractivity contribution in [2.24, 2.45) is 13.0 Å². The minimum atomic E-state index is -2.92. The predicted molar refractivity (Wildman–Crippen MR) is 119 cm³/mol. The van der Waals surface area contributed by atoms with E-state index in [4.69, 9.17) is 0 Å². The Labute approximate surface area is 192 Å². The molecule has 1 aliphatic rings. The van der Waals surface area contributed by atoms with Crippen molar-refractivity contribution in [3.63, 3.8) is 0 Å². The lowest BCUT2D eigenvalue weighted by molar-refractivity contribution is 0.0950. The van der Waals surface area contributed by atoms with Crippen molar-refractivity contribution in [1.82, 2.24) is 30.3 Å². The Bertz CT molecular complexity index is 1210. The number of nitrogens with one attached hydrogen (secondary N) is 1. The molecule has 0 bridgehead atoms. The summed E-state index contributed by atoms with van der Waals surface area (Å²) in [5.74, 6) is 1.11. The summed E-state index contributed by atoms with van der Waals surface area (Å²) in [6.45, 7) is 0.271. The fourth-order valence-corrected chi connectivity index (χ4v) is 6.86. The molecule has 1 amide bonds. The molecule has 1 fully saturated rings. The van der Waals surface area contributed by atoms with Crippen molar-refractivity contribution in [2.75, 3.05) is 11.5 Å². The van der Waals surface area contributed by atoms with Crippen LogP contribution in [0.3, 0.4) is 0 Å². The number of hydrogen-bond donors (Lipinski definition) is 1. The first-order valence-electron chi connectivity index (χ1n) is 9.85. The van der Waals surface area contributed by atoms with Gasteiger partial charge in [-0.25, -0.2) is 12.8 Å². The summed E-state index contributed by atoms with van der Waals surface area (Å²) < 4.78 is 38.1. The molecule has 1 atom stereocenters. The minimum absolute atomic E-state index is 0.0832. The molecule has 170 valence electrons. The van der Waals surface area contributed by atoms with Crippen molar-refractivity contribution in [1.29, 1.82) is 0 Å². The van der Waals surface area contributed by atoms with E-state index in [0.29, 0.717) is 28.8 Å². The van der Waals surface area contributed by atoms with E-state index in [-0.39, 0.29) is 40.7 Å². The fourth-order valence-electron chi connectivity index (χ4n) is 3.33. The molecule has 3 aromatic rings. The maximum Gasteiger partial charge on any atom is 0.282 e. The standard InChI is InChI=1S/C19H21FN6O3S3/c1-26-15(8-13-6-7-32(28,29)11-13)22-25-19(26)30-10-16-23-24-18(31-16)17(27)21-9-12-2-4-14(20)5-3-12/h2-5,13H,6-11H2,1H3,(H,21,27)/t13-/m0/s1. The molecule has 1 aliphatic heterocycles. The first kappa shape index (κ1) is 22.8. The lowest BCUT2D eigenvalue weighted by Gasteiger charge is -2.07. The highest BCUT2D eigenvalue weighted by molar-refractivity contribution is 7.98. The van der Waals surface area contributed by atoms with Gasteiger partial charge in [0.15, 0.2) is 15.0 Å². The Hall–Kier alpha value is -2.38. The highest BCUT2D eigenvalue weighted by Crippen LogP contribution is 2.26. The third-order valence-corrected chi connectivity index (χ3v) is 9.05. The highest BCUT2D eigenvalue weighted by Gasteiger charge is 2.29. The van der Waals surface area contributed by atoms with E-state index in [9.17, 15) is 17.6 Å². The van der Waals surface area contributed by atoms with Gasteiger partial charge in [0.1, 0.15) is 16.6 Å². The first-order chi connectivity index (χ1) is 15.3. The Kier molecular flexibility index (Phi) is 6.86. The van der Waals surface area contributed by atoms with Crippen LogP contribution < -0.4 is 5.32 Å². The van der Waals surface area contributed by atoms with Crippen molar-refractivity contribution < 1.29 is 17.6 Å². The Morgan fingerprint density at radius 3 is 2.75 bits per heavy atom. The predicted octanol–water partition coefficient (Wildman–Crippen LogP) is 2.01. The number of hydrogen-bond acceptors (Lipinski definition) is 9. The normalized spacial score (nSPS) is 17.5. The second kappa shape index (κ2) is 9.63. The SMILES string of the molecule is Cn1c(C[C@@H]2CCS(=O)(=O)C2)nnc1SCc1nnc(C(=O)NCc2ccc(F)cc2)s1. The highest BCUT2D eigenvalue weighted by atomic mass is 32.2. The molecule has 0 unspecified atom stereocenters. The van der Waals surface area contributed by atoms with Crippen LogP contribution >= 0.6 is 23.1 Å². The Morgan fingerprint density at radius 1 is 1.25 bits per heavy atom. The number of carbonyl (C=O) groups excluding carboxylic acids is 1. The van der Waals surface area contributed by atoms with E-state index in [1.807, 2.05) is 11.6 Å². The van der Waals surface area contributed by atoms with Gasteiger partial charge in [0.2, 0.25) is 5.01 Å². The summed E-state index contributed by atoms with van der Waals surface area (Å²) in [4.78, 5) is 12.3. The zero-order chi connectivity index (χ0) is 22.7. The molecular weight excluding hydrogens is 475 g/mol. The molecule has 3 heterocycles. The summed E-state index contributed by atoms with van der Waals surface area (Å²) >= 11 is 2.62. The number of nitrogens with zero attached hydrogens (tertiary/aromatic N) is 5. The molecule has 9 nitrogen and oxygen atoms in total. The number of rotatable bonds is 8. The third kappa shape index (κ3) is 5.70. The monoisotopic (exact) mass is 496 g/mol. The average molecular weight is 497 g/mol. The van der Waals surface area contributed by atoms with Gasteiger partial charge in [-0.3, -0.25) is 4.79 Å². The van der Waals surface area contributed by atoms with Crippen molar-refractivity contribution in [3.05, 3.63) is 51.5 Å². The fraction of sp³-hybridized carbons (Fsp3) is 0.421. The lowest BCUT2D eigenvalue weighted by atomic mass is 10.1. The van der Waals surface area contributed by atoms with E-state index in [1.54, 1.807) is 12.1 Å². The molecule has 2 aromatic heterocycles. The quantitative estimate of drug-likeness (QED) is 0.470. The third-order valence-electron chi connectivity index (χ3n) is 5.08. The van der Waals surface area contributed by atoms with Crippen LogP contribution in [0, 0.1) is 11.7 Å². The first-order valence-corrected chi connectivity index (χ1v) is 13.5. The second-order valence-corrected chi connectivity index (χ2v) is 11.8. The molecule has 1 aromatic carbocycles. The smallest absolute Gasteiger partial charge is 0.282 e. The molecule has 0 aliphatic carbocycles. The van der Waals surface area contributed by atoms with Gasteiger partial charge in [0.05, 0.1) is 17.3 Å². The summed E-state index contributed by atoms with van der Waals surface area (Å²) in [6.07, 6.45) is 1.24. The molecule has 32 heavy (non-hydrogen) atoms. The number of aromatic nitrogens is 5. The summed E-state index contributed by atoms with van der Waals surface area (Å²) in [6, 6.07) is 5.90. The number of carbonyl (C=O) groups is 1. The second-order valence-electron chi connectivity index (χ2n) is 7.53. The van der Waals surface area contributed by atoms with E-state index in [2.05, 4.69) is 25.7 Å². The van der Waals surface area contributed by atoms with E-state index < -0.39 is 9.84 Å². The van der Waals surface area contributed by atoms with Crippen molar-refractivity contribution in [3.8, 4) is 0 Å². The number of sulfone groups is 1. The summed E-state index contributed by atoms with van der Waals surface area (Å²) in [7, 11) is -1.06. The number of thioether (sulfide) groups is 1. The Balaban J connectivity index is 1.29. The largest absolute Gasteiger partial charge is 0.346 e. The van der Waals surface area contributed by atoms with Gasteiger partial charge in [0, 0.05) is 20.0 Å². The topological polar surface area (TPSA) is 120 Å². The lowest BCUT2D eigenvalue weighted by Crippen LogP contribution is -2.22. The summed E-state index contributed by atoms with van der Waals surface area (Å²) in [5.41, 5.74) is 0.785. The van der Waals surface area contributed by atoms with Gasteiger partial charge in [-0.15, -0.1) is 20.4 Å². The maximum atomic E-state index is 13.0. The average Bonchev–Trinajstić information content (AvgIpc) is 3.46. The van der Waals surface area contributed by atoms with Gasteiger partial charge >= 0.3 is 0 Å². The van der Waals surface area contributed by atoms with E-state index >= 15 is 0 Å². The van der Waals surface area contributed by atoms with Gasteiger partial charge in [-0.1, -0.05) is 35.2 Å². The van der Waals surface area contributed by atoms with Crippen LogP contribution in [0.1, 0.15) is 32.6 Å². The minimum Gasteiger partial charge on any atom is -0.346 e. The molecule has 0 saturated carbocycles. The van der Waals surface area contributed by atoms with Crippen LogP contribution in [0.5, 0.6) is 0 Å². The van der Waals surface area contributed by atoms with Crippen LogP contribution in [0.4, 0.5) is 4.39 Å².